The highest BCUT2D eigenvalue weighted by Crippen LogP contribution is 2.18. The Bertz CT molecular complexity index is 896. The Labute approximate surface area is 376 Å². The van der Waals surface area contributed by atoms with Gasteiger partial charge in [0, 0.05) is 6.42 Å². The van der Waals surface area contributed by atoms with Crippen LogP contribution in [-0.2, 0) is 14.3 Å². The smallest absolute Gasteiger partial charge is 0.220 e. The fourth-order valence-corrected chi connectivity index (χ4v) is 8.28. The zero-order valence-electron chi connectivity index (χ0n) is 40.2. The number of rotatable bonds is 49. The molecule has 0 bridgehead atoms. The molecule has 0 saturated heterocycles. The monoisotopic (exact) mass is 874 g/mol. The highest BCUT2D eigenvalue weighted by molar-refractivity contribution is 5.76. The average Bonchev–Trinajstić information content (AvgIpc) is 3.25. The average molecular weight is 874 g/mol. The van der Waals surface area contributed by atoms with E-state index in [9.17, 15) is 35.4 Å². The summed E-state index contributed by atoms with van der Waals surface area (Å²) in [6, 6.07) is -0.881. The number of ether oxygens (including phenoxy) is 2. The highest BCUT2D eigenvalue weighted by atomic mass is 16.7. The topological polar surface area (TPSA) is 169 Å². The van der Waals surface area contributed by atoms with E-state index in [0.29, 0.717) is 12.8 Å². The first-order chi connectivity index (χ1) is 29.7. The third-order valence-corrected chi connectivity index (χ3v) is 12.6. The molecule has 7 atom stereocenters. The summed E-state index contributed by atoms with van der Waals surface area (Å²) in [6.45, 7) is 4.67. The first-order valence-electron chi connectivity index (χ1n) is 26.2. The van der Waals surface area contributed by atoms with E-state index in [4.69, 9.17) is 9.47 Å². The van der Waals surface area contributed by atoms with Crippen LogP contribution in [0.2, 0.25) is 0 Å². The number of hydrogen-bond acceptors (Lipinski definition) is 9. The van der Waals surface area contributed by atoms with Crippen molar-refractivity contribution >= 4 is 5.91 Å². The highest BCUT2D eigenvalue weighted by Gasteiger charge is 2.31. The van der Waals surface area contributed by atoms with Gasteiger partial charge in [-0.15, -0.1) is 0 Å². The van der Waals surface area contributed by atoms with Crippen LogP contribution in [0.15, 0.2) is 0 Å². The van der Waals surface area contributed by atoms with Crippen molar-refractivity contribution in [1.29, 1.82) is 0 Å². The van der Waals surface area contributed by atoms with Gasteiger partial charge in [0.15, 0.2) is 0 Å². The number of carbonyl (C=O) groups excluding carboxylic acids is 1. The van der Waals surface area contributed by atoms with Crippen LogP contribution in [0.3, 0.4) is 0 Å². The lowest BCUT2D eigenvalue weighted by molar-refractivity contribution is -0.174. The minimum absolute atomic E-state index is 0.158. The third-order valence-electron chi connectivity index (χ3n) is 12.6. The summed E-state index contributed by atoms with van der Waals surface area (Å²) in [5.41, 5.74) is 0. The summed E-state index contributed by atoms with van der Waals surface area (Å²) >= 11 is 0. The number of aliphatic hydroxyl groups is 6. The molecule has 0 aliphatic carbocycles. The molecule has 1 amide bonds. The minimum Gasteiger partial charge on any atom is -0.394 e. The molecule has 0 aromatic carbocycles. The van der Waals surface area contributed by atoms with Gasteiger partial charge in [-0.1, -0.05) is 232 Å². The maximum Gasteiger partial charge on any atom is 0.220 e. The Morgan fingerprint density at radius 3 is 1.16 bits per heavy atom. The molecular weight excluding hydrogens is 771 g/mol. The van der Waals surface area contributed by atoms with Crippen molar-refractivity contribution < 1.29 is 44.9 Å². The standard InChI is InChI=1S/C51H103NO9/c1-4-6-8-10-12-14-16-18-19-20-21-22-23-24-25-26-27-28-30-32-34-36-38-40-48(56)52-45(42-60-43-61-47(41-53)51(59)49(57)44(3)54)50(58)46(55)39-37-35-33-31-29-17-15-13-11-9-7-5-2/h44-47,49-51,53-55,57-59H,4-43H2,1-3H3,(H,52,56)/t44?,45?,46?,47?,49?,50?,51-/m0/s1. The van der Waals surface area contributed by atoms with Gasteiger partial charge < -0.3 is 45.4 Å². The van der Waals surface area contributed by atoms with E-state index in [0.717, 1.165) is 38.5 Å². The van der Waals surface area contributed by atoms with Crippen molar-refractivity contribution in [2.45, 2.75) is 301 Å². The van der Waals surface area contributed by atoms with Gasteiger partial charge in [0.25, 0.3) is 0 Å². The summed E-state index contributed by atoms with van der Waals surface area (Å²) in [4.78, 5) is 13.0. The van der Waals surface area contributed by atoms with E-state index in [1.807, 2.05) is 0 Å². The maximum atomic E-state index is 13.0. The Balaban J connectivity index is 4.33. The van der Waals surface area contributed by atoms with Gasteiger partial charge in [-0.3, -0.25) is 4.79 Å². The number of hydrogen-bond donors (Lipinski definition) is 7. The molecule has 0 spiro atoms. The van der Waals surface area contributed by atoms with Gasteiger partial charge in [0.05, 0.1) is 31.5 Å². The predicted molar refractivity (Wildman–Crippen MR) is 253 cm³/mol. The molecule has 0 radical (unpaired) electrons. The first-order valence-corrected chi connectivity index (χ1v) is 26.2. The van der Waals surface area contributed by atoms with E-state index >= 15 is 0 Å². The molecule has 10 nitrogen and oxygen atoms in total. The predicted octanol–water partition coefficient (Wildman–Crippen LogP) is 11.1. The molecule has 0 aliphatic rings. The van der Waals surface area contributed by atoms with Crippen LogP contribution < -0.4 is 5.32 Å². The van der Waals surface area contributed by atoms with E-state index in [1.54, 1.807) is 0 Å². The second kappa shape index (κ2) is 45.7. The molecule has 0 aliphatic heterocycles. The van der Waals surface area contributed by atoms with E-state index in [-0.39, 0.29) is 12.5 Å². The van der Waals surface area contributed by atoms with Gasteiger partial charge in [0.1, 0.15) is 31.2 Å². The van der Waals surface area contributed by atoms with Crippen LogP contribution in [0.25, 0.3) is 0 Å². The largest absolute Gasteiger partial charge is 0.394 e. The van der Waals surface area contributed by atoms with Crippen molar-refractivity contribution in [1.82, 2.24) is 5.32 Å². The lowest BCUT2D eigenvalue weighted by Gasteiger charge is -2.29. The quantitative estimate of drug-likeness (QED) is 0.0232. The number of nitrogens with one attached hydrogen (secondary N) is 1. The lowest BCUT2D eigenvalue weighted by Crippen LogP contribution is -2.51. The molecule has 10 heteroatoms. The van der Waals surface area contributed by atoms with Crippen molar-refractivity contribution in [3.8, 4) is 0 Å². The van der Waals surface area contributed by atoms with Crippen LogP contribution in [0.5, 0.6) is 0 Å². The molecule has 0 saturated carbocycles. The van der Waals surface area contributed by atoms with Gasteiger partial charge >= 0.3 is 0 Å². The van der Waals surface area contributed by atoms with E-state index < -0.39 is 56.1 Å². The van der Waals surface area contributed by atoms with Crippen molar-refractivity contribution in [3.05, 3.63) is 0 Å². The number of amides is 1. The zero-order valence-corrected chi connectivity index (χ0v) is 40.2. The van der Waals surface area contributed by atoms with Crippen LogP contribution in [0, 0.1) is 0 Å². The van der Waals surface area contributed by atoms with Crippen LogP contribution in [0.4, 0.5) is 0 Å². The second-order valence-electron chi connectivity index (χ2n) is 18.5. The summed E-state index contributed by atoms with van der Waals surface area (Å²) in [5.74, 6) is -0.210. The second-order valence-corrected chi connectivity index (χ2v) is 18.5. The summed E-state index contributed by atoms with van der Waals surface area (Å²) in [6.07, 6.45) is 37.7. The molecule has 0 heterocycles. The molecule has 7 N–H and O–H groups in total. The molecule has 61 heavy (non-hydrogen) atoms. The fraction of sp³-hybridized carbons (Fsp3) is 0.980. The van der Waals surface area contributed by atoms with Crippen LogP contribution in [0.1, 0.15) is 258 Å². The van der Waals surface area contributed by atoms with Gasteiger partial charge in [-0.2, -0.15) is 0 Å². The summed E-state index contributed by atoms with van der Waals surface area (Å²) in [5, 5.41) is 64.3. The third kappa shape index (κ3) is 38.2. The Morgan fingerprint density at radius 1 is 0.475 bits per heavy atom. The van der Waals surface area contributed by atoms with Gasteiger partial charge in [0.2, 0.25) is 5.91 Å². The molecular formula is C51H103NO9. The molecule has 366 valence electrons. The van der Waals surface area contributed by atoms with Gasteiger partial charge in [-0.25, -0.2) is 0 Å². The molecule has 0 aromatic rings. The minimum atomic E-state index is -1.55. The SMILES string of the molecule is CCCCCCCCCCCCCCCCCCCCCCCCCC(=O)NC(COCOC(CO)[C@H](O)C(O)C(C)O)C(O)C(O)CCCCCCCCCCCCCC. The molecule has 0 fully saturated rings. The Kier molecular flexibility index (Phi) is 45.1. The number of carbonyl (C=O) groups is 1. The van der Waals surface area contributed by atoms with Crippen molar-refractivity contribution in [2.75, 3.05) is 20.0 Å². The first kappa shape index (κ1) is 60.2. The summed E-state index contributed by atoms with van der Waals surface area (Å²) < 4.78 is 11.0. The molecule has 6 unspecified atom stereocenters. The normalized spacial score (nSPS) is 15.4. The molecule has 0 aromatic heterocycles. The lowest BCUT2D eigenvalue weighted by atomic mass is 9.99. The van der Waals surface area contributed by atoms with E-state index in [2.05, 4.69) is 19.2 Å². The number of unbranched alkanes of at least 4 members (excludes halogenated alkanes) is 33. The zero-order chi connectivity index (χ0) is 45.0. The Hall–Kier alpha value is -0.850. The van der Waals surface area contributed by atoms with Crippen molar-refractivity contribution in [3.63, 3.8) is 0 Å². The molecule has 0 rings (SSSR count). The van der Waals surface area contributed by atoms with Crippen molar-refractivity contribution in [2.24, 2.45) is 0 Å². The fourth-order valence-electron chi connectivity index (χ4n) is 8.28. The maximum absolute atomic E-state index is 13.0. The van der Waals surface area contributed by atoms with E-state index in [1.165, 1.54) is 193 Å². The Morgan fingerprint density at radius 2 is 0.820 bits per heavy atom. The van der Waals surface area contributed by atoms with Crippen LogP contribution in [-0.4, -0.2) is 99.2 Å². The number of aliphatic hydroxyl groups excluding tert-OH is 6. The van der Waals surface area contributed by atoms with Gasteiger partial charge in [-0.05, 0) is 19.8 Å². The summed E-state index contributed by atoms with van der Waals surface area (Å²) in [7, 11) is 0. The van der Waals surface area contributed by atoms with Crippen LogP contribution >= 0.6 is 0 Å².